The van der Waals surface area contributed by atoms with Crippen molar-refractivity contribution >= 4 is 22.5 Å². The highest BCUT2D eigenvalue weighted by atomic mass is 19.1. The molecular formula is C24H30FN7O. The second kappa shape index (κ2) is 9.54. The van der Waals surface area contributed by atoms with E-state index in [4.69, 9.17) is 0 Å². The fraction of sp³-hybridized carbons (Fsp3) is 0.458. The van der Waals surface area contributed by atoms with Crippen LogP contribution in [0, 0.1) is 0 Å². The number of anilines is 1. The molecule has 1 fully saturated rings. The van der Waals surface area contributed by atoms with Gasteiger partial charge in [0.2, 0.25) is 5.91 Å². The van der Waals surface area contributed by atoms with Crippen LogP contribution in [0.15, 0.2) is 36.7 Å². The summed E-state index contributed by atoms with van der Waals surface area (Å²) in [7, 11) is 2.10. The topological polar surface area (TPSA) is 69.5 Å². The van der Waals surface area contributed by atoms with E-state index in [-0.39, 0.29) is 12.6 Å². The number of hydrogen-bond acceptors (Lipinski definition) is 6. The maximum absolute atomic E-state index is 12.8. The minimum absolute atomic E-state index is 0.0405. The average Bonchev–Trinajstić information content (AvgIpc) is 3.23. The maximum Gasteiger partial charge on any atom is 0.239 e. The fourth-order valence-corrected chi connectivity index (χ4v) is 4.62. The summed E-state index contributed by atoms with van der Waals surface area (Å²) in [5, 5.41) is 9.51. The summed E-state index contributed by atoms with van der Waals surface area (Å²) in [5.41, 5.74) is 3.24. The van der Waals surface area contributed by atoms with Crippen LogP contribution >= 0.6 is 0 Å². The van der Waals surface area contributed by atoms with Crippen molar-refractivity contribution in [2.24, 2.45) is 0 Å². The number of amides is 1. The molecule has 1 aromatic carbocycles. The third-order valence-corrected chi connectivity index (χ3v) is 6.61. The Balaban J connectivity index is 1.33. The Kier molecular flexibility index (Phi) is 6.34. The van der Waals surface area contributed by atoms with E-state index in [1.165, 1.54) is 0 Å². The van der Waals surface area contributed by atoms with Gasteiger partial charge in [-0.15, -0.1) is 0 Å². The monoisotopic (exact) mass is 451 g/mol. The van der Waals surface area contributed by atoms with Crippen molar-refractivity contribution in [1.29, 1.82) is 0 Å². The molecule has 1 N–H and O–H groups in total. The molecule has 1 saturated heterocycles. The van der Waals surface area contributed by atoms with Gasteiger partial charge in [-0.3, -0.25) is 19.3 Å². The van der Waals surface area contributed by atoms with Crippen LogP contribution in [-0.4, -0.2) is 94.9 Å². The van der Waals surface area contributed by atoms with Crippen molar-refractivity contribution in [1.82, 2.24) is 29.5 Å². The second-order valence-corrected chi connectivity index (χ2v) is 8.95. The lowest BCUT2D eigenvalue weighted by Gasteiger charge is -2.31. The Morgan fingerprint density at radius 3 is 2.67 bits per heavy atom. The molecule has 0 bridgehead atoms. The average molecular weight is 452 g/mol. The van der Waals surface area contributed by atoms with Gasteiger partial charge in [-0.2, -0.15) is 5.10 Å². The van der Waals surface area contributed by atoms with Crippen molar-refractivity contribution in [3.8, 4) is 11.1 Å². The van der Waals surface area contributed by atoms with Crippen LogP contribution in [0.2, 0.25) is 0 Å². The molecule has 0 atom stereocenters. The molecule has 33 heavy (non-hydrogen) atoms. The van der Waals surface area contributed by atoms with Crippen molar-refractivity contribution in [2.75, 3.05) is 64.9 Å². The van der Waals surface area contributed by atoms with E-state index in [0.717, 1.165) is 66.9 Å². The van der Waals surface area contributed by atoms with E-state index in [0.29, 0.717) is 25.5 Å². The zero-order chi connectivity index (χ0) is 22.8. The number of nitrogens with one attached hydrogen (secondary N) is 1. The van der Waals surface area contributed by atoms with Crippen molar-refractivity contribution in [3.05, 3.63) is 42.4 Å². The number of alkyl halides is 1. The van der Waals surface area contributed by atoms with E-state index in [2.05, 4.69) is 49.3 Å². The van der Waals surface area contributed by atoms with Gasteiger partial charge in [0.25, 0.3) is 0 Å². The standard InChI is InChI=1S/C24H30FN7O/c1-29-6-8-31(9-7-29)17-24(33)28-23-13-20-12-18(2-3-19(20)14-26-23)21-15-27-32-11-10-30(5-4-25)16-22(21)32/h2-3,12-15H,4-11,16-17H2,1H3,(H,26,28,33). The molecule has 5 rings (SSSR count). The van der Waals surface area contributed by atoms with Crippen LogP contribution in [0.1, 0.15) is 5.69 Å². The van der Waals surface area contributed by atoms with Crippen LogP contribution in [-0.2, 0) is 17.9 Å². The number of rotatable bonds is 6. The summed E-state index contributed by atoms with van der Waals surface area (Å²) < 4.78 is 14.9. The number of benzene rings is 1. The SMILES string of the molecule is CN1CCN(CC(=O)Nc2cc3cc(-c4cnn5c4CN(CCF)CC5)ccc3cn2)CC1. The van der Waals surface area contributed by atoms with E-state index in [1.54, 1.807) is 6.20 Å². The number of nitrogens with zero attached hydrogens (tertiary/aromatic N) is 6. The number of carbonyl (C=O) groups is 1. The highest BCUT2D eigenvalue weighted by Gasteiger charge is 2.21. The van der Waals surface area contributed by atoms with E-state index in [1.807, 2.05) is 23.0 Å². The number of piperazine rings is 1. The van der Waals surface area contributed by atoms with Gasteiger partial charge in [-0.1, -0.05) is 12.1 Å². The van der Waals surface area contributed by atoms with Gasteiger partial charge in [0.15, 0.2) is 0 Å². The van der Waals surface area contributed by atoms with Gasteiger partial charge in [-0.05, 0) is 30.1 Å². The minimum Gasteiger partial charge on any atom is -0.310 e. The Morgan fingerprint density at radius 2 is 1.85 bits per heavy atom. The third-order valence-electron chi connectivity index (χ3n) is 6.61. The first kappa shape index (κ1) is 21.9. The van der Waals surface area contributed by atoms with Crippen molar-refractivity contribution in [2.45, 2.75) is 13.1 Å². The molecule has 0 unspecified atom stereocenters. The molecule has 0 spiro atoms. The van der Waals surface area contributed by atoms with Crippen LogP contribution in [0.5, 0.6) is 0 Å². The van der Waals surface area contributed by atoms with Gasteiger partial charge in [0.1, 0.15) is 12.5 Å². The molecule has 1 amide bonds. The van der Waals surface area contributed by atoms with Gasteiger partial charge in [-0.25, -0.2) is 9.37 Å². The van der Waals surface area contributed by atoms with E-state index < -0.39 is 0 Å². The molecule has 174 valence electrons. The van der Waals surface area contributed by atoms with Gasteiger partial charge in [0, 0.05) is 63.0 Å². The summed E-state index contributed by atoms with van der Waals surface area (Å²) in [6.45, 7) is 6.54. The predicted octanol–water partition coefficient (Wildman–Crippen LogP) is 2.07. The van der Waals surface area contributed by atoms with Gasteiger partial charge < -0.3 is 10.2 Å². The van der Waals surface area contributed by atoms with Crippen molar-refractivity contribution in [3.63, 3.8) is 0 Å². The Labute approximate surface area is 193 Å². The van der Waals surface area contributed by atoms with E-state index >= 15 is 0 Å². The summed E-state index contributed by atoms with van der Waals surface area (Å²) in [4.78, 5) is 23.5. The molecule has 9 heteroatoms. The Bertz CT molecular complexity index is 1140. The molecule has 0 aliphatic carbocycles. The zero-order valence-corrected chi connectivity index (χ0v) is 19.0. The summed E-state index contributed by atoms with van der Waals surface area (Å²) in [6.07, 6.45) is 3.69. The second-order valence-electron chi connectivity index (χ2n) is 8.95. The number of hydrogen-bond donors (Lipinski definition) is 1. The first-order valence-corrected chi connectivity index (χ1v) is 11.5. The highest BCUT2D eigenvalue weighted by molar-refractivity contribution is 5.95. The third kappa shape index (κ3) is 4.90. The molecule has 2 aliphatic rings. The lowest BCUT2D eigenvalue weighted by Crippen LogP contribution is -2.47. The van der Waals surface area contributed by atoms with Crippen LogP contribution in [0.25, 0.3) is 21.9 Å². The molecule has 0 saturated carbocycles. The lowest BCUT2D eigenvalue weighted by molar-refractivity contribution is -0.117. The molecular weight excluding hydrogens is 421 g/mol. The number of aromatic nitrogens is 3. The quantitative estimate of drug-likeness (QED) is 0.619. The van der Waals surface area contributed by atoms with Crippen molar-refractivity contribution < 1.29 is 9.18 Å². The summed E-state index contributed by atoms with van der Waals surface area (Å²) >= 11 is 0. The van der Waals surface area contributed by atoms with Gasteiger partial charge in [0.05, 0.1) is 25.0 Å². The summed E-state index contributed by atoms with van der Waals surface area (Å²) in [5.74, 6) is 0.520. The Hall–Kier alpha value is -2.88. The smallest absolute Gasteiger partial charge is 0.239 e. The number of likely N-dealkylation sites (N-methyl/N-ethyl adjacent to an activating group) is 1. The fourth-order valence-electron chi connectivity index (χ4n) is 4.62. The highest BCUT2D eigenvalue weighted by Crippen LogP contribution is 2.30. The molecule has 3 aromatic rings. The predicted molar refractivity (Wildman–Crippen MR) is 127 cm³/mol. The maximum atomic E-state index is 12.8. The van der Waals surface area contributed by atoms with Gasteiger partial charge >= 0.3 is 0 Å². The summed E-state index contributed by atoms with van der Waals surface area (Å²) in [6, 6.07) is 8.15. The van der Waals surface area contributed by atoms with Crippen LogP contribution < -0.4 is 5.32 Å². The molecule has 2 aromatic heterocycles. The lowest BCUT2D eigenvalue weighted by atomic mass is 10.0. The van der Waals surface area contributed by atoms with E-state index in [9.17, 15) is 9.18 Å². The number of fused-ring (bicyclic) bond motifs is 2. The Morgan fingerprint density at radius 1 is 1.03 bits per heavy atom. The first-order valence-electron chi connectivity index (χ1n) is 11.5. The number of pyridine rings is 1. The molecule has 4 heterocycles. The first-order chi connectivity index (χ1) is 16.1. The largest absolute Gasteiger partial charge is 0.310 e. The number of carbonyl (C=O) groups excluding carboxylic acids is 1. The van der Waals surface area contributed by atoms with Crippen LogP contribution in [0.4, 0.5) is 10.2 Å². The molecule has 0 radical (unpaired) electrons. The zero-order valence-electron chi connectivity index (χ0n) is 19.0. The number of halogens is 1. The van der Waals surface area contributed by atoms with Crippen LogP contribution in [0.3, 0.4) is 0 Å². The molecule has 2 aliphatic heterocycles. The molecule has 8 nitrogen and oxygen atoms in total. The minimum atomic E-state index is -0.338. The normalized spacial score (nSPS) is 17.9.